The van der Waals surface area contributed by atoms with Crippen LogP contribution in [0.1, 0.15) is 46.5 Å². The molecule has 0 aliphatic heterocycles. The number of nitrogens with two attached hydrogens (primary N) is 1. The highest BCUT2D eigenvalue weighted by molar-refractivity contribution is 5.61. The second kappa shape index (κ2) is 6.87. The maximum atomic E-state index is 5.96. The van der Waals surface area contributed by atoms with Gasteiger partial charge in [-0.2, -0.15) is 0 Å². The molecule has 3 N–H and O–H groups in total. The van der Waals surface area contributed by atoms with E-state index in [1.165, 1.54) is 19.3 Å². The summed E-state index contributed by atoms with van der Waals surface area (Å²) in [5.41, 5.74) is 7.80. The van der Waals surface area contributed by atoms with Gasteiger partial charge in [0, 0.05) is 17.8 Å². The van der Waals surface area contributed by atoms with Crippen LogP contribution < -0.4 is 15.8 Å². The fraction of sp³-hybridized carbons (Fsp3) is 0.647. The molecule has 0 amide bonds. The number of nitrogens with one attached hydrogen (secondary N) is 1. The third-order valence-electron chi connectivity index (χ3n) is 4.58. The number of anilines is 2. The minimum absolute atomic E-state index is 0.572. The number of ether oxygens (including phenoxy) is 1. The normalized spacial score (nSPS) is 25.6. The van der Waals surface area contributed by atoms with Gasteiger partial charge in [-0.05, 0) is 43.2 Å². The van der Waals surface area contributed by atoms with Gasteiger partial charge in [0.25, 0.3) is 0 Å². The zero-order valence-corrected chi connectivity index (χ0v) is 13.0. The monoisotopic (exact) mass is 276 g/mol. The second-order valence-electron chi connectivity index (χ2n) is 5.96. The van der Waals surface area contributed by atoms with Gasteiger partial charge in [0.1, 0.15) is 5.75 Å². The summed E-state index contributed by atoms with van der Waals surface area (Å²) in [5, 5.41) is 3.66. The van der Waals surface area contributed by atoms with Gasteiger partial charge in [0.2, 0.25) is 0 Å². The van der Waals surface area contributed by atoms with Crippen LogP contribution in [0.5, 0.6) is 5.75 Å². The Kier molecular flexibility index (Phi) is 5.16. The van der Waals surface area contributed by atoms with Crippen molar-refractivity contribution in [1.29, 1.82) is 0 Å². The summed E-state index contributed by atoms with van der Waals surface area (Å²) >= 11 is 0. The summed E-state index contributed by atoms with van der Waals surface area (Å²) in [6.45, 7) is 7.48. The molecule has 0 bridgehead atoms. The Bertz CT molecular complexity index is 433. The molecule has 3 atom stereocenters. The van der Waals surface area contributed by atoms with E-state index < -0.39 is 0 Å². The topological polar surface area (TPSA) is 47.3 Å². The van der Waals surface area contributed by atoms with Crippen LogP contribution in [0, 0.1) is 11.8 Å². The number of hydrogen-bond acceptors (Lipinski definition) is 3. The van der Waals surface area contributed by atoms with E-state index in [4.69, 9.17) is 10.5 Å². The van der Waals surface area contributed by atoms with Crippen molar-refractivity contribution in [3.63, 3.8) is 0 Å². The van der Waals surface area contributed by atoms with Gasteiger partial charge in [-0.1, -0.05) is 27.2 Å². The smallest absolute Gasteiger partial charge is 0.144 e. The Hall–Kier alpha value is -1.38. The van der Waals surface area contributed by atoms with Crippen molar-refractivity contribution < 1.29 is 4.74 Å². The molecule has 0 aromatic heterocycles. The molecule has 1 aliphatic rings. The molecule has 3 nitrogen and oxygen atoms in total. The van der Waals surface area contributed by atoms with Crippen LogP contribution in [0.15, 0.2) is 18.2 Å². The summed E-state index contributed by atoms with van der Waals surface area (Å²) in [6.07, 6.45) is 4.87. The van der Waals surface area contributed by atoms with Gasteiger partial charge in [-0.15, -0.1) is 0 Å². The van der Waals surface area contributed by atoms with Crippen LogP contribution in [0.2, 0.25) is 0 Å². The van der Waals surface area contributed by atoms with Crippen LogP contribution in [0.4, 0.5) is 11.4 Å². The first-order valence-electron chi connectivity index (χ1n) is 7.94. The molecule has 1 aromatic rings. The summed E-state index contributed by atoms with van der Waals surface area (Å²) in [6, 6.07) is 6.60. The minimum Gasteiger partial charge on any atom is -0.491 e. The summed E-state index contributed by atoms with van der Waals surface area (Å²) in [4.78, 5) is 0. The van der Waals surface area contributed by atoms with Crippen LogP contribution in [-0.4, -0.2) is 12.6 Å². The highest BCUT2D eigenvalue weighted by Crippen LogP contribution is 2.36. The molecule has 1 aliphatic carbocycles. The molecule has 1 aromatic carbocycles. The fourth-order valence-corrected chi connectivity index (χ4v) is 3.20. The van der Waals surface area contributed by atoms with Gasteiger partial charge in [0.15, 0.2) is 0 Å². The van der Waals surface area contributed by atoms with Crippen molar-refractivity contribution in [3.8, 4) is 5.75 Å². The van der Waals surface area contributed by atoms with Crippen molar-refractivity contribution in [1.82, 2.24) is 0 Å². The third kappa shape index (κ3) is 3.38. The predicted molar refractivity (Wildman–Crippen MR) is 86.2 cm³/mol. The van der Waals surface area contributed by atoms with Crippen LogP contribution in [0.3, 0.4) is 0 Å². The van der Waals surface area contributed by atoms with Crippen molar-refractivity contribution in [3.05, 3.63) is 18.2 Å². The van der Waals surface area contributed by atoms with Crippen molar-refractivity contribution in [2.75, 3.05) is 17.7 Å². The molecule has 0 radical (unpaired) electrons. The van der Waals surface area contributed by atoms with E-state index in [2.05, 4.69) is 32.2 Å². The molecule has 0 spiro atoms. The summed E-state index contributed by atoms with van der Waals surface area (Å²) < 4.78 is 5.70. The van der Waals surface area contributed by atoms with Crippen molar-refractivity contribution >= 4 is 11.4 Å². The lowest BCUT2D eigenvalue weighted by Crippen LogP contribution is -2.24. The Morgan fingerprint density at radius 2 is 2.10 bits per heavy atom. The second-order valence-corrected chi connectivity index (χ2v) is 5.96. The van der Waals surface area contributed by atoms with Gasteiger partial charge >= 0.3 is 0 Å². The van der Waals surface area contributed by atoms with Gasteiger partial charge in [-0.25, -0.2) is 0 Å². The van der Waals surface area contributed by atoms with E-state index in [0.717, 1.165) is 35.4 Å². The largest absolute Gasteiger partial charge is 0.491 e. The number of rotatable bonds is 6. The first-order valence-corrected chi connectivity index (χ1v) is 7.94. The zero-order chi connectivity index (χ0) is 14.5. The van der Waals surface area contributed by atoms with E-state index in [1.54, 1.807) is 0 Å². The van der Waals surface area contributed by atoms with Gasteiger partial charge in [-0.3, -0.25) is 0 Å². The number of hydrogen-bond donors (Lipinski definition) is 2. The van der Waals surface area contributed by atoms with E-state index in [1.807, 2.05) is 12.1 Å². The number of nitrogen functional groups attached to an aromatic ring is 1. The minimum atomic E-state index is 0.572. The highest BCUT2D eigenvalue weighted by atomic mass is 16.5. The molecule has 1 saturated carbocycles. The summed E-state index contributed by atoms with van der Waals surface area (Å²) in [7, 11) is 0. The maximum Gasteiger partial charge on any atom is 0.144 e. The summed E-state index contributed by atoms with van der Waals surface area (Å²) in [5.74, 6) is 2.39. The molecule has 0 saturated heterocycles. The SMILES string of the molecule is CCCOc1cc(NC2CCC(CC)C2C)ccc1N. The molecule has 1 fully saturated rings. The van der Waals surface area contributed by atoms with Crippen LogP contribution >= 0.6 is 0 Å². The molecule has 3 heteroatoms. The Morgan fingerprint density at radius 1 is 1.30 bits per heavy atom. The first kappa shape index (κ1) is 15.0. The van der Waals surface area contributed by atoms with E-state index in [9.17, 15) is 0 Å². The molecule has 112 valence electrons. The molecular formula is C17H28N2O. The molecular weight excluding hydrogens is 248 g/mol. The molecule has 20 heavy (non-hydrogen) atoms. The first-order chi connectivity index (χ1) is 9.65. The van der Waals surface area contributed by atoms with Gasteiger partial charge < -0.3 is 15.8 Å². The zero-order valence-electron chi connectivity index (χ0n) is 13.0. The quantitative estimate of drug-likeness (QED) is 0.762. The van der Waals surface area contributed by atoms with Crippen molar-refractivity contribution in [2.45, 2.75) is 52.5 Å². The predicted octanol–water partition coefficient (Wildman–Crippen LogP) is 4.29. The molecule has 0 heterocycles. The van der Waals surface area contributed by atoms with E-state index >= 15 is 0 Å². The lowest BCUT2D eigenvalue weighted by Gasteiger charge is -2.22. The standard InChI is InChI=1S/C17H28N2O/c1-4-10-20-17-11-14(7-8-15(17)18)19-16-9-6-13(5-2)12(16)3/h7-8,11-13,16,19H,4-6,9-10,18H2,1-3H3. The highest BCUT2D eigenvalue weighted by Gasteiger charge is 2.31. The Morgan fingerprint density at radius 3 is 2.75 bits per heavy atom. The van der Waals surface area contributed by atoms with E-state index in [-0.39, 0.29) is 0 Å². The van der Waals surface area contributed by atoms with Gasteiger partial charge in [0.05, 0.1) is 12.3 Å². The Labute approximate surface area is 122 Å². The average Bonchev–Trinajstić information content (AvgIpc) is 2.80. The Balaban J connectivity index is 2.02. The van der Waals surface area contributed by atoms with Crippen molar-refractivity contribution in [2.24, 2.45) is 11.8 Å². The fourth-order valence-electron chi connectivity index (χ4n) is 3.20. The van der Waals surface area contributed by atoms with Crippen LogP contribution in [-0.2, 0) is 0 Å². The average molecular weight is 276 g/mol. The molecule has 2 rings (SSSR count). The maximum absolute atomic E-state index is 5.96. The lowest BCUT2D eigenvalue weighted by molar-refractivity contribution is 0.319. The third-order valence-corrected chi connectivity index (χ3v) is 4.58. The molecule has 3 unspecified atom stereocenters. The van der Waals surface area contributed by atoms with E-state index in [0.29, 0.717) is 12.6 Å². The lowest BCUT2D eigenvalue weighted by atomic mass is 9.93. The van der Waals surface area contributed by atoms with Crippen LogP contribution in [0.25, 0.3) is 0 Å². The number of benzene rings is 1.